The number of hydrogen-bond acceptors (Lipinski definition) is 11. The third-order valence-corrected chi connectivity index (χ3v) is 14.5. The summed E-state index contributed by atoms with van der Waals surface area (Å²) in [5, 5.41) is 35.3. The number of aromatic nitrogens is 2. The number of phenolic OH excluding ortho intramolecular Hbond substituents is 1. The number of unbranched alkanes of at least 4 members (excludes halogenated alkanes) is 3. The highest BCUT2D eigenvalue weighted by Crippen LogP contribution is 2.42. The molecule has 3 N–H and O–H groups in total. The Labute approximate surface area is 406 Å². The van der Waals surface area contributed by atoms with Gasteiger partial charge in [0.2, 0.25) is 0 Å². The first-order chi connectivity index (χ1) is 33.3. The first-order valence-electron chi connectivity index (χ1n) is 23.4. The number of nitrogens with zero attached hydrogens (tertiary/aromatic N) is 7. The molecule has 2 aromatic heterocycles. The number of nitrogens with one attached hydrogen (secondary N) is 1. The van der Waals surface area contributed by atoms with E-state index in [1.807, 2.05) is 19.9 Å². The molecule has 6 heterocycles. The number of anilines is 2. The lowest BCUT2D eigenvalue weighted by Crippen LogP contribution is -2.46. The number of aromatic hydroxyl groups is 1. The maximum Gasteiger partial charge on any atom is 0.417 e. The molecule has 0 aliphatic carbocycles. The van der Waals surface area contributed by atoms with E-state index in [0.717, 1.165) is 80.6 Å². The zero-order valence-electron chi connectivity index (χ0n) is 39.0. The fourth-order valence-corrected chi connectivity index (χ4v) is 10.7. The highest BCUT2D eigenvalue weighted by Gasteiger charge is 2.46. The molecule has 0 bridgehead atoms. The number of carbonyl (C=O) groups is 2. The molecule has 1 atom stereocenters. The summed E-state index contributed by atoms with van der Waals surface area (Å²) < 4.78 is 63.5. The van der Waals surface area contributed by atoms with Gasteiger partial charge in [0.25, 0.3) is 11.5 Å². The van der Waals surface area contributed by atoms with Crippen molar-refractivity contribution in [2.45, 2.75) is 89.9 Å². The number of thiocarbonyl (C=S) groups is 1. The summed E-state index contributed by atoms with van der Waals surface area (Å²) in [4.78, 5) is 52.1. The van der Waals surface area contributed by atoms with Crippen LogP contribution in [0.4, 0.5) is 28.9 Å². The van der Waals surface area contributed by atoms with Gasteiger partial charge in [0.15, 0.2) is 10.7 Å². The number of amides is 1. The van der Waals surface area contributed by atoms with Gasteiger partial charge >= 0.3 is 12.1 Å². The van der Waals surface area contributed by atoms with E-state index in [4.69, 9.17) is 21.9 Å². The number of aliphatic hydroxyl groups is 1. The fourth-order valence-electron chi connectivity index (χ4n) is 10.2. The largest absolute Gasteiger partial charge is 0.508 e. The van der Waals surface area contributed by atoms with Crippen LogP contribution in [0.25, 0.3) is 22.3 Å². The Morgan fingerprint density at radius 1 is 0.971 bits per heavy atom. The molecule has 366 valence electrons. The Morgan fingerprint density at radius 2 is 1.70 bits per heavy atom. The summed E-state index contributed by atoms with van der Waals surface area (Å²) in [5.41, 5.74) is -0.306. The molecule has 9 rings (SSSR count). The number of pyridine rings is 2. The normalized spacial score (nSPS) is 19.0. The minimum atomic E-state index is -4.74. The molecule has 1 amide bonds. The Bertz CT molecular complexity index is 3060. The quantitative estimate of drug-likeness (QED) is 0.0457. The molecule has 5 aromatic rings. The van der Waals surface area contributed by atoms with Crippen molar-refractivity contribution in [2.24, 2.45) is 0 Å². The Kier molecular flexibility index (Phi) is 13.0. The number of nitriles is 1. The first kappa shape index (κ1) is 48.6. The van der Waals surface area contributed by atoms with E-state index in [2.05, 4.69) is 15.1 Å². The van der Waals surface area contributed by atoms with Crippen LogP contribution in [0, 0.1) is 17.1 Å². The van der Waals surface area contributed by atoms with Gasteiger partial charge in [-0.1, -0.05) is 19.8 Å². The molecule has 0 saturated carbocycles. The number of alkyl halides is 3. The van der Waals surface area contributed by atoms with Gasteiger partial charge in [-0.25, -0.2) is 14.2 Å². The van der Waals surface area contributed by atoms with E-state index in [9.17, 15) is 43.0 Å². The average molecular weight is 981 g/mol. The Morgan fingerprint density at radius 3 is 2.41 bits per heavy atom. The predicted molar refractivity (Wildman–Crippen MR) is 258 cm³/mol. The van der Waals surface area contributed by atoms with Crippen LogP contribution in [-0.4, -0.2) is 97.9 Å². The van der Waals surface area contributed by atoms with E-state index in [1.165, 1.54) is 23.1 Å². The summed E-state index contributed by atoms with van der Waals surface area (Å²) in [6.45, 7) is 10.7. The number of ether oxygens (including phenoxy) is 1. The lowest BCUT2D eigenvalue weighted by molar-refractivity contribution is -0.172. The number of halogens is 4. The number of rotatable bonds is 13. The second-order valence-corrected chi connectivity index (χ2v) is 19.4. The van der Waals surface area contributed by atoms with Crippen LogP contribution in [0.15, 0.2) is 65.5 Å². The number of phenols is 1. The molecule has 0 spiro atoms. The minimum Gasteiger partial charge on any atom is -0.508 e. The maximum atomic E-state index is 15.5. The molecule has 19 heteroatoms. The van der Waals surface area contributed by atoms with Crippen molar-refractivity contribution >= 4 is 51.5 Å². The van der Waals surface area contributed by atoms with E-state index < -0.39 is 46.1 Å². The molecule has 0 unspecified atom stereocenters. The topological polar surface area (TPSA) is 167 Å². The molecule has 2 saturated heterocycles. The second kappa shape index (κ2) is 18.7. The molecule has 4 aliphatic heterocycles. The van der Waals surface area contributed by atoms with Crippen molar-refractivity contribution in [3.63, 3.8) is 0 Å². The highest BCUT2D eigenvalue weighted by atomic mass is 32.1. The summed E-state index contributed by atoms with van der Waals surface area (Å²) in [6.07, 6.45) is -1.17. The summed E-state index contributed by atoms with van der Waals surface area (Å²) in [7, 11) is 0. The van der Waals surface area contributed by atoms with Crippen molar-refractivity contribution in [1.82, 2.24) is 24.7 Å². The number of esters is 1. The first-order valence-corrected chi connectivity index (χ1v) is 23.8. The molecular formula is C51H52F4N8O6S. The van der Waals surface area contributed by atoms with Crippen LogP contribution in [0.5, 0.6) is 5.75 Å². The molecule has 3 aromatic carbocycles. The zero-order valence-corrected chi connectivity index (χ0v) is 39.8. The lowest BCUT2D eigenvalue weighted by atomic mass is 9.86. The number of benzene rings is 3. The van der Waals surface area contributed by atoms with Crippen LogP contribution < -0.4 is 20.7 Å². The SMILES string of the molecule is CC[C@@]1(O)C(=O)OCc2c1cc1n(c2=O)Cc2cc3c(CN4CCN(CCCCCCNC(=O)c5ccc(N6C(=S)N(c7ccc(C#N)c(C(F)(F)F)c7)CC6(C)C)cc5F)CC4)c(O)ccc3nc2-1. The zero-order chi connectivity index (χ0) is 49.9. The number of fused-ring (bicyclic) bond motifs is 5. The van der Waals surface area contributed by atoms with E-state index in [1.54, 1.807) is 46.7 Å². The number of piperazine rings is 1. The van der Waals surface area contributed by atoms with Gasteiger partial charge < -0.3 is 39.5 Å². The van der Waals surface area contributed by atoms with Crippen LogP contribution in [0.1, 0.15) is 96.6 Å². The van der Waals surface area contributed by atoms with Gasteiger partial charge in [-0.3, -0.25) is 14.5 Å². The van der Waals surface area contributed by atoms with Crippen molar-refractivity contribution < 1.29 is 42.1 Å². The summed E-state index contributed by atoms with van der Waals surface area (Å²) in [6, 6.07) is 16.2. The minimum absolute atomic E-state index is 0.0566. The third kappa shape index (κ3) is 8.86. The van der Waals surface area contributed by atoms with Crippen molar-refractivity contribution in [1.29, 1.82) is 5.26 Å². The van der Waals surface area contributed by atoms with Gasteiger partial charge in [-0.05, 0) is 113 Å². The second-order valence-electron chi connectivity index (χ2n) is 19.0. The number of hydrogen-bond donors (Lipinski definition) is 3. The Hall–Kier alpha value is -6.46. The maximum absolute atomic E-state index is 15.5. The molecule has 70 heavy (non-hydrogen) atoms. The fraction of sp³-hybridized carbons (Fsp3) is 0.412. The van der Waals surface area contributed by atoms with E-state index >= 15 is 4.39 Å². The molecule has 2 fully saturated rings. The summed E-state index contributed by atoms with van der Waals surface area (Å²) in [5.74, 6) is -1.91. The van der Waals surface area contributed by atoms with Gasteiger partial charge in [0.05, 0.1) is 57.3 Å². The van der Waals surface area contributed by atoms with Gasteiger partial charge in [-0.2, -0.15) is 18.4 Å². The smallest absolute Gasteiger partial charge is 0.417 e. The number of cyclic esters (lactones) is 1. The predicted octanol–water partition coefficient (Wildman–Crippen LogP) is 7.31. The van der Waals surface area contributed by atoms with Crippen molar-refractivity contribution in [3.05, 3.63) is 116 Å². The van der Waals surface area contributed by atoms with Gasteiger partial charge in [0.1, 0.15) is 18.2 Å². The highest BCUT2D eigenvalue weighted by molar-refractivity contribution is 7.80. The van der Waals surface area contributed by atoms with Crippen molar-refractivity contribution in [2.75, 3.05) is 55.6 Å². The molecule has 14 nitrogen and oxygen atoms in total. The molecule has 0 radical (unpaired) electrons. The Balaban J connectivity index is 0.729. The average Bonchev–Trinajstić information content (AvgIpc) is 3.81. The van der Waals surface area contributed by atoms with Crippen molar-refractivity contribution in [3.8, 4) is 23.2 Å². The van der Waals surface area contributed by atoms with Crippen LogP contribution in [0.3, 0.4) is 0 Å². The van der Waals surface area contributed by atoms with E-state index in [0.29, 0.717) is 42.1 Å². The van der Waals surface area contributed by atoms with Gasteiger partial charge in [-0.15, -0.1) is 0 Å². The monoisotopic (exact) mass is 980 g/mol. The lowest BCUT2D eigenvalue weighted by Gasteiger charge is -2.35. The van der Waals surface area contributed by atoms with E-state index in [-0.39, 0.29) is 64.9 Å². The van der Waals surface area contributed by atoms with Crippen LogP contribution >= 0.6 is 12.2 Å². The number of carbonyl (C=O) groups excluding carboxylic acids is 2. The van der Waals surface area contributed by atoms with Crippen LogP contribution in [-0.2, 0) is 41.0 Å². The molecular weight excluding hydrogens is 929 g/mol. The standard InChI is InChI=1S/C51H52F4N8O6S/c1-4-50(68)39-24-42-44-31(26-61(42)46(66)37(39)28-69-47(50)67)21-35-36(43(64)14-13-41(35)58-44)27-60-19-17-59(18-20-60)16-8-6-5-7-15-57-45(65)34-12-11-33(23-40(34)52)63-48(70)62(29-49(63,2)3)32-10-9-30(25-56)38(22-32)51(53,54)55/h9-14,21-24,64,68H,4-8,15-20,26-29H2,1-3H3,(H,57,65)/t50-/m0/s1. The molecule has 4 aliphatic rings. The third-order valence-electron chi connectivity index (χ3n) is 14.1. The van der Waals surface area contributed by atoms with Gasteiger partial charge in [0, 0.05) is 79.3 Å². The van der Waals surface area contributed by atoms with Crippen LogP contribution in [0.2, 0.25) is 0 Å². The summed E-state index contributed by atoms with van der Waals surface area (Å²) >= 11 is 5.69.